The summed E-state index contributed by atoms with van der Waals surface area (Å²) < 4.78 is 16.3. The van der Waals surface area contributed by atoms with Gasteiger partial charge in [0, 0.05) is 22.6 Å². The molecule has 0 unspecified atom stereocenters. The van der Waals surface area contributed by atoms with Crippen LogP contribution in [0.3, 0.4) is 0 Å². The molecule has 0 fully saturated rings. The van der Waals surface area contributed by atoms with Gasteiger partial charge in [0.2, 0.25) is 0 Å². The number of hydrogen-bond donors (Lipinski definition) is 2. The molecule has 1 heterocycles. The Labute approximate surface area is 151 Å². The number of aromatic hydroxyl groups is 1. The minimum atomic E-state index is -0.417. The molecule has 0 bridgehead atoms. The Morgan fingerprint density at radius 1 is 1.15 bits per heavy atom. The predicted octanol–water partition coefficient (Wildman–Crippen LogP) is 1.96. The number of aryl methyl sites for hydroxylation is 1. The van der Waals surface area contributed by atoms with Crippen molar-refractivity contribution in [1.82, 2.24) is 0 Å². The summed E-state index contributed by atoms with van der Waals surface area (Å²) in [4.78, 5) is 11.8. The van der Waals surface area contributed by atoms with Gasteiger partial charge in [-0.25, -0.2) is 4.79 Å². The van der Waals surface area contributed by atoms with E-state index in [2.05, 4.69) is 5.32 Å². The average molecular weight is 356 g/mol. The first-order valence-electron chi connectivity index (χ1n) is 8.43. The zero-order valence-corrected chi connectivity index (χ0v) is 14.8. The first-order chi connectivity index (χ1) is 12.6. The van der Waals surface area contributed by atoms with Crippen molar-refractivity contribution in [3.05, 3.63) is 64.0 Å². The lowest BCUT2D eigenvalue weighted by atomic mass is 10.1. The molecule has 26 heavy (non-hydrogen) atoms. The van der Waals surface area contributed by atoms with Crippen LogP contribution in [0.25, 0.3) is 11.0 Å². The van der Waals surface area contributed by atoms with E-state index in [0.29, 0.717) is 35.8 Å². The highest BCUT2D eigenvalue weighted by molar-refractivity contribution is 5.84. The standard InChI is InChI=1S/C20H21NO5/c1-13-16(22)8-7-15-14(11-19(23)26-20(13)15)12-21-9-10-25-18-6-4-3-5-17(18)24-2/h3-8,11,21-22H,9-10,12H2,1-2H3/p+1. The van der Waals surface area contributed by atoms with Gasteiger partial charge in [0.1, 0.15) is 31.0 Å². The third-order valence-corrected chi connectivity index (χ3v) is 4.23. The van der Waals surface area contributed by atoms with E-state index in [1.54, 1.807) is 26.2 Å². The average Bonchev–Trinajstić information content (AvgIpc) is 2.65. The number of rotatable bonds is 7. The van der Waals surface area contributed by atoms with E-state index in [1.807, 2.05) is 24.3 Å². The summed E-state index contributed by atoms with van der Waals surface area (Å²) in [7, 11) is 1.61. The van der Waals surface area contributed by atoms with E-state index in [0.717, 1.165) is 17.5 Å². The fourth-order valence-corrected chi connectivity index (χ4v) is 2.83. The van der Waals surface area contributed by atoms with Gasteiger partial charge < -0.3 is 24.3 Å². The number of fused-ring (bicyclic) bond motifs is 1. The van der Waals surface area contributed by atoms with Crippen LogP contribution < -0.4 is 20.4 Å². The monoisotopic (exact) mass is 356 g/mol. The van der Waals surface area contributed by atoms with Crippen LogP contribution in [0.2, 0.25) is 0 Å². The summed E-state index contributed by atoms with van der Waals surface area (Å²) in [5.74, 6) is 1.53. The Morgan fingerprint density at radius 2 is 1.92 bits per heavy atom. The molecule has 0 spiro atoms. The Bertz CT molecular complexity index is 964. The van der Waals surface area contributed by atoms with Crippen LogP contribution in [-0.2, 0) is 6.54 Å². The molecule has 3 rings (SSSR count). The third kappa shape index (κ3) is 3.81. The molecular weight excluding hydrogens is 334 g/mol. The van der Waals surface area contributed by atoms with Crippen LogP contribution in [0.5, 0.6) is 17.2 Å². The Balaban J connectivity index is 1.63. The number of quaternary nitrogens is 1. The number of phenols is 1. The van der Waals surface area contributed by atoms with E-state index < -0.39 is 5.63 Å². The van der Waals surface area contributed by atoms with Crippen molar-refractivity contribution in [1.29, 1.82) is 0 Å². The van der Waals surface area contributed by atoms with Crippen LogP contribution in [-0.4, -0.2) is 25.4 Å². The smallest absolute Gasteiger partial charge is 0.336 e. The lowest BCUT2D eigenvalue weighted by Gasteiger charge is -2.10. The minimum Gasteiger partial charge on any atom is -0.508 e. The number of benzene rings is 2. The van der Waals surface area contributed by atoms with Crippen molar-refractivity contribution < 1.29 is 24.3 Å². The van der Waals surface area contributed by atoms with Gasteiger partial charge in [-0.1, -0.05) is 12.1 Å². The molecule has 0 radical (unpaired) electrons. The first kappa shape index (κ1) is 17.8. The van der Waals surface area contributed by atoms with Gasteiger partial charge in [-0.3, -0.25) is 0 Å². The van der Waals surface area contributed by atoms with E-state index >= 15 is 0 Å². The fourth-order valence-electron chi connectivity index (χ4n) is 2.83. The van der Waals surface area contributed by atoms with E-state index in [1.165, 1.54) is 6.07 Å². The highest BCUT2D eigenvalue weighted by Gasteiger charge is 2.11. The van der Waals surface area contributed by atoms with Gasteiger partial charge in [-0.2, -0.15) is 0 Å². The largest absolute Gasteiger partial charge is 0.508 e. The van der Waals surface area contributed by atoms with Crippen molar-refractivity contribution in [3.8, 4) is 17.2 Å². The fraction of sp³-hybridized carbons (Fsp3) is 0.250. The summed E-state index contributed by atoms with van der Waals surface area (Å²) in [5, 5.41) is 12.7. The molecule has 136 valence electrons. The number of methoxy groups -OCH3 is 1. The van der Waals surface area contributed by atoms with Crippen molar-refractivity contribution in [2.75, 3.05) is 20.3 Å². The molecule has 0 aliphatic rings. The van der Waals surface area contributed by atoms with Crippen LogP contribution in [0, 0.1) is 6.92 Å². The number of ether oxygens (including phenoxy) is 2. The molecule has 1 aromatic heterocycles. The molecule has 3 N–H and O–H groups in total. The summed E-state index contributed by atoms with van der Waals surface area (Å²) in [6, 6.07) is 12.4. The third-order valence-electron chi connectivity index (χ3n) is 4.23. The highest BCUT2D eigenvalue weighted by Crippen LogP contribution is 2.27. The summed E-state index contributed by atoms with van der Waals surface area (Å²) in [6.07, 6.45) is 0. The zero-order valence-electron chi connectivity index (χ0n) is 14.8. The van der Waals surface area contributed by atoms with Crippen LogP contribution in [0.15, 0.2) is 51.7 Å². The second-order valence-electron chi connectivity index (χ2n) is 5.96. The highest BCUT2D eigenvalue weighted by atomic mass is 16.5. The van der Waals surface area contributed by atoms with Gasteiger partial charge in [-0.15, -0.1) is 0 Å². The maximum absolute atomic E-state index is 11.8. The van der Waals surface area contributed by atoms with Crippen LogP contribution in [0.1, 0.15) is 11.1 Å². The molecule has 0 aliphatic heterocycles. The molecule has 0 atom stereocenters. The summed E-state index contributed by atoms with van der Waals surface area (Å²) in [5.41, 5.74) is 1.46. The van der Waals surface area contributed by atoms with Crippen molar-refractivity contribution in [3.63, 3.8) is 0 Å². The van der Waals surface area contributed by atoms with E-state index in [4.69, 9.17) is 13.9 Å². The summed E-state index contributed by atoms with van der Waals surface area (Å²) in [6.45, 7) is 3.58. The van der Waals surface area contributed by atoms with Crippen LogP contribution >= 0.6 is 0 Å². The molecule has 2 aromatic carbocycles. The SMILES string of the molecule is COc1ccccc1OCC[NH2+]Cc1cc(=O)oc2c(C)c(O)ccc12. The molecule has 6 heteroatoms. The number of phenolic OH excluding ortho intramolecular Hbond substituents is 1. The molecule has 0 amide bonds. The van der Waals surface area contributed by atoms with Crippen molar-refractivity contribution in [2.45, 2.75) is 13.5 Å². The normalized spacial score (nSPS) is 10.8. The molecule has 0 aliphatic carbocycles. The second-order valence-corrected chi connectivity index (χ2v) is 5.96. The van der Waals surface area contributed by atoms with Crippen molar-refractivity contribution >= 4 is 11.0 Å². The van der Waals surface area contributed by atoms with Gasteiger partial charge in [0.05, 0.1) is 7.11 Å². The van der Waals surface area contributed by atoms with Gasteiger partial charge in [0.25, 0.3) is 0 Å². The first-order valence-corrected chi connectivity index (χ1v) is 8.43. The zero-order chi connectivity index (χ0) is 18.5. The number of hydrogen-bond acceptors (Lipinski definition) is 5. The van der Waals surface area contributed by atoms with Gasteiger partial charge in [-0.05, 0) is 31.2 Å². The Hall–Kier alpha value is -2.99. The second kappa shape index (κ2) is 7.93. The molecule has 0 saturated heterocycles. The van der Waals surface area contributed by atoms with Crippen molar-refractivity contribution in [2.24, 2.45) is 0 Å². The quantitative estimate of drug-likeness (QED) is 0.499. The number of para-hydroxylation sites is 2. The Kier molecular flexibility index (Phi) is 5.43. The minimum absolute atomic E-state index is 0.118. The number of nitrogens with two attached hydrogens (primary N) is 1. The van der Waals surface area contributed by atoms with Gasteiger partial charge in [0.15, 0.2) is 11.5 Å². The lowest BCUT2D eigenvalue weighted by Crippen LogP contribution is -2.83. The topological polar surface area (TPSA) is 85.5 Å². The lowest BCUT2D eigenvalue weighted by molar-refractivity contribution is -0.671. The molecule has 3 aromatic rings. The van der Waals surface area contributed by atoms with E-state index in [-0.39, 0.29) is 5.75 Å². The maximum Gasteiger partial charge on any atom is 0.336 e. The predicted molar refractivity (Wildman–Crippen MR) is 97.9 cm³/mol. The maximum atomic E-state index is 11.8. The molecule has 0 saturated carbocycles. The molecular formula is C20H22NO5+. The van der Waals surface area contributed by atoms with E-state index in [9.17, 15) is 9.90 Å². The Morgan fingerprint density at radius 3 is 2.69 bits per heavy atom. The van der Waals surface area contributed by atoms with Crippen LogP contribution in [0.4, 0.5) is 0 Å². The van der Waals surface area contributed by atoms with Gasteiger partial charge >= 0.3 is 5.63 Å². The molecule has 6 nitrogen and oxygen atoms in total. The summed E-state index contributed by atoms with van der Waals surface area (Å²) >= 11 is 0.